The highest BCUT2D eigenvalue weighted by atomic mass is 127. The fourth-order valence-electron chi connectivity index (χ4n) is 2.30. The lowest BCUT2D eigenvalue weighted by molar-refractivity contribution is -0.122. The first kappa shape index (κ1) is 24.5. The van der Waals surface area contributed by atoms with E-state index in [1.165, 1.54) is 0 Å². The molecule has 2 N–H and O–H groups in total. The number of hydrogen-bond acceptors (Lipinski definition) is 3. The van der Waals surface area contributed by atoms with Crippen LogP contribution in [-0.4, -0.2) is 55.6 Å². The molecule has 0 saturated carbocycles. The van der Waals surface area contributed by atoms with Crippen LogP contribution in [0.2, 0.25) is 0 Å². The number of aliphatic imine (C=N–C) groups is 1. The van der Waals surface area contributed by atoms with Crippen molar-refractivity contribution in [1.29, 1.82) is 0 Å². The maximum Gasteiger partial charge on any atom is 0.240 e. The molecule has 1 atom stereocenters. The van der Waals surface area contributed by atoms with Gasteiger partial charge in [0.1, 0.15) is 11.9 Å². The van der Waals surface area contributed by atoms with Crippen LogP contribution < -0.4 is 15.4 Å². The molecule has 0 fully saturated rings. The number of likely N-dealkylation sites (N-methyl/N-ethyl adjacent to an activating group) is 1. The molecule has 1 amide bonds. The van der Waals surface area contributed by atoms with Crippen LogP contribution in [0.1, 0.15) is 34.1 Å². The maximum atomic E-state index is 12.1. The first-order valence-corrected chi connectivity index (χ1v) is 8.69. The quantitative estimate of drug-likeness (QED) is 0.361. The summed E-state index contributed by atoms with van der Waals surface area (Å²) in [4.78, 5) is 18.1. The highest BCUT2D eigenvalue weighted by Crippen LogP contribution is 2.12. The molecule has 26 heavy (non-hydrogen) atoms. The molecule has 0 saturated heterocycles. The Bertz CT molecular complexity index is 558. The third-order valence-electron chi connectivity index (χ3n) is 3.46. The number of amides is 1. The summed E-state index contributed by atoms with van der Waals surface area (Å²) < 4.78 is 5.97. The maximum absolute atomic E-state index is 12.1. The number of carbonyl (C=O) groups excluding carboxylic acids is 1. The van der Waals surface area contributed by atoms with Gasteiger partial charge in [-0.2, -0.15) is 0 Å². The van der Waals surface area contributed by atoms with Gasteiger partial charge in [0.05, 0.1) is 13.1 Å². The largest absolute Gasteiger partial charge is 0.489 e. The zero-order valence-corrected chi connectivity index (χ0v) is 19.0. The van der Waals surface area contributed by atoms with E-state index < -0.39 is 0 Å². The highest BCUT2D eigenvalue weighted by molar-refractivity contribution is 14.0. The molecule has 7 heteroatoms. The summed E-state index contributed by atoms with van der Waals surface area (Å²) in [5.41, 5.74) is -0.244. The van der Waals surface area contributed by atoms with Gasteiger partial charge in [0.2, 0.25) is 5.91 Å². The molecule has 1 aromatic rings. The lowest BCUT2D eigenvalue weighted by Crippen LogP contribution is -2.49. The van der Waals surface area contributed by atoms with Crippen LogP contribution in [0.25, 0.3) is 0 Å². The predicted molar refractivity (Wildman–Crippen MR) is 118 cm³/mol. The van der Waals surface area contributed by atoms with Crippen molar-refractivity contribution in [3.8, 4) is 5.75 Å². The topological polar surface area (TPSA) is 66.0 Å². The smallest absolute Gasteiger partial charge is 0.240 e. The predicted octanol–water partition coefficient (Wildman–Crippen LogP) is 2.88. The molecule has 6 nitrogen and oxygen atoms in total. The minimum absolute atomic E-state index is 0. The molecule has 0 aliphatic carbocycles. The fraction of sp³-hybridized carbons (Fsp3) is 0.579. The van der Waals surface area contributed by atoms with Crippen molar-refractivity contribution in [1.82, 2.24) is 15.5 Å². The van der Waals surface area contributed by atoms with Crippen LogP contribution in [0.15, 0.2) is 35.3 Å². The van der Waals surface area contributed by atoms with E-state index in [1.807, 2.05) is 58.2 Å². The average molecular weight is 476 g/mol. The van der Waals surface area contributed by atoms with Crippen molar-refractivity contribution >= 4 is 35.8 Å². The summed E-state index contributed by atoms with van der Waals surface area (Å²) >= 11 is 0. The number of rotatable bonds is 7. The van der Waals surface area contributed by atoms with E-state index in [0.29, 0.717) is 12.5 Å². The first-order chi connectivity index (χ1) is 11.7. The number of benzene rings is 1. The number of carbonyl (C=O) groups is 1. The third kappa shape index (κ3) is 9.84. The lowest BCUT2D eigenvalue weighted by Gasteiger charge is -2.26. The Morgan fingerprint density at radius 1 is 1.27 bits per heavy atom. The number of guanidine groups is 1. The molecule has 1 aromatic carbocycles. The average Bonchev–Trinajstić information content (AvgIpc) is 2.53. The van der Waals surface area contributed by atoms with E-state index in [2.05, 4.69) is 22.5 Å². The van der Waals surface area contributed by atoms with Gasteiger partial charge in [-0.3, -0.25) is 9.79 Å². The Balaban J connectivity index is 0.00000625. The normalized spacial score (nSPS) is 12.6. The van der Waals surface area contributed by atoms with Crippen LogP contribution in [0.3, 0.4) is 0 Å². The number of para-hydroxylation sites is 1. The molecule has 0 aromatic heterocycles. The molecule has 0 radical (unpaired) electrons. The third-order valence-corrected chi connectivity index (χ3v) is 3.46. The van der Waals surface area contributed by atoms with Gasteiger partial charge in [0.15, 0.2) is 5.96 Å². The second-order valence-corrected chi connectivity index (χ2v) is 7.04. The Kier molecular flexibility index (Phi) is 11.3. The van der Waals surface area contributed by atoms with Gasteiger partial charge in [-0.1, -0.05) is 25.1 Å². The van der Waals surface area contributed by atoms with E-state index in [9.17, 15) is 4.79 Å². The van der Waals surface area contributed by atoms with Crippen LogP contribution >= 0.6 is 24.0 Å². The van der Waals surface area contributed by atoms with E-state index in [1.54, 1.807) is 11.9 Å². The van der Waals surface area contributed by atoms with Crippen molar-refractivity contribution in [3.63, 3.8) is 0 Å². The highest BCUT2D eigenvalue weighted by Gasteiger charge is 2.17. The Morgan fingerprint density at radius 3 is 2.38 bits per heavy atom. The molecule has 0 bridgehead atoms. The monoisotopic (exact) mass is 476 g/mol. The van der Waals surface area contributed by atoms with Gasteiger partial charge in [0, 0.05) is 19.6 Å². The minimum atomic E-state index is -0.244. The summed E-state index contributed by atoms with van der Waals surface area (Å²) in [6, 6.07) is 9.76. The van der Waals surface area contributed by atoms with Crippen LogP contribution in [0, 0.1) is 0 Å². The summed E-state index contributed by atoms with van der Waals surface area (Å²) in [5.74, 6) is 1.48. The van der Waals surface area contributed by atoms with Gasteiger partial charge in [-0.25, -0.2) is 0 Å². The van der Waals surface area contributed by atoms with Crippen molar-refractivity contribution in [2.75, 3.05) is 27.2 Å². The van der Waals surface area contributed by atoms with Gasteiger partial charge >= 0.3 is 0 Å². The number of halogens is 1. The van der Waals surface area contributed by atoms with Gasteiger partial charge in [-0.15, -0.1) is 24.0 Å². The Labute approximate surface area is 174 Å². The SMILES string of the molecule is CCC(CNC(=NC)N(C)CC(=O)NC(C)(C)C)Oc1ccccc1.I. The van der Waals surface area contributed by atoms with Crippen molar-refractivity contribution in [2.24, 2.45) is 4.99 Å². The molecule has 0 aliphatic heterocycles. The van der Waals surface area contributed by atoms with Gasteiger partial charge in [-0.05, 0) is 39.3 Å². The number of nitrogens with zero attached hydrogens (tertiary/aromatic N) is 2. The van der Waals surface area contributed by atoms with Crippen molar-refractivity contribution in [3.05, 3.63) is 30.3 Å². The van der Waals surface area contributed by atoms with Gasteiger partial charge < -0.3 is 20.3 Å². The second kappa shape index (κ2) is 12.0. The molecule has 1 rings (SSSR count). The molecular formula is C19H33IN4O2. The van der Waals surface area contributed by atoms with E-state index >= 15 is 0 Å². The number of ether oxygens (including phenoxy) is 1. The summed E-state index contributed by atoms with van der Waals surface area (Å²) in [7, 11) is 3.55. The van der Waals surface area contributed by atoms with Crippen molar-refractivity contribution in [2.45, 2.75) is 45.8 Å². The molecule has 0 heterocycles. The minimum Gasteiger partial charge on any atom is -0.489 e. The number of hydrogen-bond donors (Lipinski definition) is 2. The molecular weight excluding hydrogens is 443 g/mol. The van der Waals surface area contributed by atoms with E-state index in [0.717, 1.165) is 12.2 Å². The molecule has 0 spiro atoms. The second-order valence-electron chi connectivity index (χ2n) is 7.04. The fourth-order valence-corrected chi connectivity index (χ4v) is 2.30. The van der Waals surface area contributed by atoms with Crippen molar-refractivity contribution < 1.29 is 9.53 Å². The Morgan fingerprint density at radius 2 is 1.88 bits per heavy atom. The van der Waals surface area contributed by atoms with E-state index in [4.69, 9.17) is 4.74 Å². The van der Waals surface area contributed by atoms with Crippen LogP contribution in [0.4, 0.5) is 0 Å². The summed E-state index contributed by atoms with van der Waals surface area (Å²) in [6.45, 7) is 8.83. The number of nitrogens with one attached hydrogen (secondary N) is 2. The summed E-state index contributed by atoms with van der Waals surface area (Å²) in [5, 5.41) is 6.23. The molecule has 1 unspecified atom stereocenters. The standard InChI is InChI=1S/C19H32N4O2.HI/c1-7-15(25-16-11-9-8-10-12-16)13-21-18(20-5)23(6)14-17(24)22-19(2,3)4;/h8-12,15H,7,13-14H2,1-6H3,(H,20,21)(H,22,24);1H. The zero-order valence-electron chi connectivity index (χ0n) is 16.7. The van der Waals surface area contributed by atoms with Crippen LogP contribution in [-0.2, 0) is 4.79 Å². The zero-order chi connectivity index (χ0) is 18.9. The van der Waals surface area contributed by atoms with E-state index in [-0.39, 0.29) is 48.1 Å². The van der Waals surface area contributed by atoms with Crippen LogP contribution in [0.5, 0.6) is 5.75 Å². The van der Waals surface area contributed by atoms with Gasteiger partial charge in [0.25, 0.3) is 0 Å². The first-order valence-electron chi connectivity index (χ1n) is 8.69. The molecule has 0 aliphatic rings. The molecule has 148 valence electrons. The summed E-state index contributed by atoms with van der Waals surface area (Å²) in [6.07, 6.45) is 0.892. The Hall–Kier alpha value is -1.51. The lowest BCUT2D eigenvalue weighted by atomic mass is 10.1.